The van der Waals surface area contributed by atoms with E-state index in [2.05, 4.69) is 18.6 Å². The second-order valence-corrected chi connectivity index (χ2v) is 10.9. The van der Waals surface area contributed by atoms with E-state index < -0.39 is 16.1 Å². The minimum absolute atomic E-state index is 0.115. The third kappa shape index (κ3) is 6.59. The third-order valence-electron chi connectivity index (χ3n) is 5.97. The maximum absolute atomic E-state index is 12.6. The average molecular weight is 419 g/mol. The predicted octanol–water partition coefficient (Wildman–Crippen LogP) is 3.14. The lowest BCUT2D eigenvalue weighted by atomic mass is 9.80. The van der Waals surface area contributed by atoms with Crippen molar-refractivity contribution in [3.8, 4) is 0 Å². The summed E-state index contributed by atoms with van der Waals surface area (Å²) in [5.41, 5.74) is 0. The molecule has 1 aliphatic heterocycles. The van der Waals surface area contributed by atoms with Gasteiger partial charge in [-0.3, -0.25) is 4.90 Å². The second-order valence-electron chi connectivity index (χ2n) is 9.10. The zero-order chi connectivity index (χ0) is 21.1. The number of ether oxygens (including phenoxy) is 2. The van der Waals surface area contributed by atoms with E-state index in [4.69, 9.17) is 9.47 Å². The summed E-state index contributed by atoms with van der Waals surface area (Å²) in [7, 11) is -3.38. The number of rotatable bonds is 7. The summed E-state index contributed by atoms with van der Waals surface area (Å²) in [5, 5.41) is 0. The molecule has 1 aliphatic carbocycles. The van der Waals surface area contributed by atoms with Gasteiger partial charge in [0.25, 0.3) is 0 Å². The van der Waals surface area contributed by atoms with Gasteiger partial charge < -0.3 is 9.47 Å². The minimum atomic E-state index is -3.38. The van der Waals surface area contributed by atoms with Crippen molar-refractivity contribution in [3.05, 3.63) is 0 Å². The largest absolute Gasteiger partial charge is 0.447 e. The molecule has 0 aromatic heterocycles. The van der Waals surface area contributed by atoms with Crippen LogP contribution < -0.4 is 4.72 Å². The Labute approximate surface area is 170 Å². The summed E-state index contributed by atoms with van der Waals surface area (Å²) in [5.74, 6) is 1.45. The smallest absolute Gasteiger partial charge is 0.410 e. The van der Waals surface area contributed by atoms with Crippen LogP contribution in [0.15, 0.2) is 0 Å². The Hall–Kier alpha value is -0.860. The van der Waals surface area contributed by atoms with Crippen LogP contribution >= 0.6 is 0 Å². The normalized spacial score (nSPS) is 31.6. The van der Waals surface area contributed by atoms with E-state index in [0.29, 0.717) is 18.9 Å². The van der Waals surface area contributed by atoms with Crippen LogP contribution in [-0.2, 0) is 19.5 Å². The SMILES string of the molecule is CC(C)OC(=O)N1C(C)CC(NS(C)(=O)=O)C1COC1CCC(C(C)C)CC1. The Morgan fingerprint density at radius 3 is 2.25 bits per heavy atom. The van der Waals surface area contributed by atoms with Crippen LogP contribution in [0, 0.1) is 11.8 Å². The number of carbonyl (C=O) groups excluding carboxylic acids is 1. The highest BCUT2D eigenvalue weighted by atomic mass is 32.2. The van der Waals surface area contributed by atoms with Crippen LogP contribution in [0.3, 0.4) is 0 Å². The van der Waals surface area contributed by atoms with Crippen LogP contribution in [0.5, 0.6) is 0 Å². The van der Waals surface area contributed by atoms with Gasteiger partial charge in [0, 0.05) is 12.1 Å². The van der Waals surface area contributed by atoms with E-state index in [1.165, 1.54) is 0 Å². The van der Waals surface area contributed by atoms with E-state index in [1.807, 2.05) is 20.8 Å². The fourth-order valence-electron chi connectivity index (χ4n) is 4.49. The maximum Gasteiger partial charge on any atom is 0.410 e. The quantitative estimate of drug-likeness (QED) is 0.686. The van der Waals surface area contributed by atoms with Crippen molar-refractivity contribution < 1.29 is 22.7 Å². The molecule has 2 rings (SSSR count). The molecule has 7 nitrogen and oxygen atoms in total. The Balaban J connectivity index is 2.04. The van der Waals surface area contributed by atoms with E-state index in [1.54, 1.807) is 4.90 Å². The molecule has 0 aromatic carbocycles. The Morgan fingerprint density at radius 2 is 1.75 bits per heavy atom. The molecule has 2 fully saturated rings. The van der Waals surface area contributed by atoms with Crippen molar-refractivity contribution in [3.63, 3.8) is 0 Å². The molecule has 164 valence electrons. The van der Waals surface area contributed by atoms with Gasteiger partial charge in [0.15, 0.2) is 0 Å². The molecule has 8 heteroatoms. The molecule has 3 atom stereocenters. The molecule has 1 saturated carbocycles. The van der Waals surface area contributed by atoms with Crippen LogP contribution in [0.4, 0.5) is 4.79 Å². The number of nitrogens with zero attached hydrogens (tertiary/aromatic N) is 1. The molecule has 0 radical (unpaired) electrons. The van der Waals surface area contributed by atoms with E-state index in [0.717, 1.165) is 37.9 Å². The number of carbonyl (C=O) groups is 1. The first-order valence-electron chi connectivity index (χ1n) is 10.6. The molecule has 1 heterocycles. The third-order valence-corrected chi connectivity index (χ3v) is 6.70. The number of amides is 1. The highest BCUT2D eigenvalue weighted by Gasteiger charge is 2.44. The fraction of sp³-hybridized carbons (Fsp3) is 0.950. The molecule has 0 spiro atoms. The summed E-state index contributed by atoms with van der Waals surface area (Å²) < 4.78 is 37.9. The lowest BCUT2D eigenvalue weighted by Gasteiger charge is -2.34. The Bertz CT molecular complexity index is 614. The van der Waals surface area contributed by atoms with Crippen molar-refractivity contribution in [1.82, 2.24) is 9.62 Å². The van der Waals surface area contributed by atoms with Gasteiger partial charge in [-0.2, -0.15) is 0 Å². The van der Waals surface area contributed by atoms with Crippen molar-refractivity contribution in [2.45, 2.75) is 97.1 Å². The van der Waals surface area contributed by atoms with Gasteiger partial charge in [-0.15, -0.1) is 0 Å². The van der Waals surface area contributed by atoms with Crippen molar-refractivity contribution in [2.75, 3.05) is 12.9 Å². The fourth-order valence-corrected chi connectivity index (χ4v) is 5.29. The van der Waals surface area contributed by atoms with Crippen LogP contribution in [0.1, 0.15) is 66.7 Å². The standard InChI is InChI=1S/C20H38N2O5S/c1-13(2)16-7-9-17(10-8-16)26-12-19-18(21-28(6,24)25)11-15(5)22(19)20(23)27-14(3)4/h13-19,21H,7-12H2,1-6H3. The van der Waals surface area contributed by atoms with Crippen LogP contribution in [0.2, 0.25) is 0 Å². The Kier molecular flexibility index (Phi) is 8.16. The monoisotopic (exact) mass is 418 g/mol. The second kappa shape index (κ2) is 9.76. The van der Waals surface area contributed by atoms with Gasteiger partial charge >= 0.3 is 6.09 Å². The topological polar surface area (TPSA) is 84.9 Å². The minimum Gasteiger partial charge on any atom is -0.447 e. The molecule has 0 bridgehead atoms. The molecule has 1 N–H and O–H groups in total. The number of nitrogens with one attached hydrogen (secondary N) is 1. The van der Waals surface area contributed by atoms with Crippen molar-refractivity contribution in [2.24, 2.45) is 11.8 Å². The summed E-state index contributed by atoms with van der Waals surface area (Å²) in [6.45, 7) is 10.4. The van der Waals surface area contributed by atoms with Crippen LogP contribution in [-0.4, -0.2) is 62.6 Å². The predicted molar refractivity (Wildman–Crippen MR) is 110 cm³/mol. The summed E-state index contributed by atoms with van der Waals surface area (Å²) in [6.07, 6.45) is 5.60. The molecule has 0 aromatic rings. The zero-order valence-electron chi connectivity index (χ0n) is 18.2. The van der Waals surface area contributed by atoms with Gasteiger partial charge in [0.1, 0.15) is 0 Å². The highest BCUT2D eigenvalue weighted by Crippen LogP contribution is 2.32. The first kappa shape index (κ1) is 23.4. The highest BCUT2D eigenvalue weighted by molar-refractivity contribution is 7.88. The number of likely N-dealkylation sites (tertiary alicyclic amines) is 1. The Morgan fingerprint density at radius 1 is 1.14 bits per heavy atom. The molecule has 1 saturated heterocycles. The maximum atomic E-state index is 12.6. The number of hydrogen-bond donors (Lipinski definition) is 1. The number of sulfonamides is 1. The zero-order valence-corrected chi connectivity index (χ0v) is 19.0. The van der Waals surface area contributed by atoms with Crippen molar-refractivity contribution >= 4 is 16.1 Å². The van der Waals surface area contributed by atoms with E-state index in [-0.39, 0.29) is 30.3 Å². The molecule has 28 heavy (non-hydrogen) atoms. The van der Waals surface area contributed by atoms with Gasteiger partial charge in [0.2, 0.25) is 10.0 Å². The van der Waals surface area contributed by atoms with Crippen molar-refractivity contribution in [1.29, 1.82) is 0 Å². The van der Waals surface area contributed by atoms with Crippen LogP contribution in [0.25, 0.3) is 0 Å². The molecule has 2 aliphatic rings. The number of hydrogen-bond acceptors (Lipinski definition) is 5. The first-order chi connectivity index (χ1) is 13.0. The molecule has 1 amide bonds. The van der Waals surface area contributed by atoms with Gasteiger partial charge in [0.05, 0.1) is 31.1 Å². The summed E-state index contributed by atoms with van der Waals surface area (Å²) >= 11 is 0. The summed E-state index contributed by atoms with van der Waals surface area (Å²) in [4.78, 5) is 14.3. The lowest BCUT2D eigenvalue weighted by Crippen LogP contribution is -2.50. The summed E-state index contributed by atoms with van der Waals surface area (Å²) in [6, 6.07) is -0.841. The molecule has 3 unspecified atom stereocenters. The van der Waals surface area contributed by atoms with Gasteiger partial charge in [-0.05, 0) is 64.7 Å². The van der Waals surface area contributed by atoms with Gasteiger partial charge in [-0.25, -0.2) is 17.9 Å². The average Bonchev–Trinajstić information content (AvgIpc) is 2.85. The van der Waals surface area contributed by atoms with E-state index >= 15 is 0 Å². The molecular formula is C20H38N2O5S. The first-order valence-corrected chi connectivity index (χ1v) is 12.4. The lowest BCUT2D eigenvalue weighted by molar-refractivity contribution is -0.0198. The van der Waals surface area contributed by atoms with E-state index in [9.17, 15) is 13.2 Å². The molecular weight excluding hydrogens is 380 g/mol. The van der Waals surface area contributed by atoms with Gasteiger partial charge in [-0.1, -0.05) is 13.8 Å².